The number of halogens is 2. The van der Waals surface area contributed by atoms with E-state index in [1.807, 2.05) is 0 Å². The summed E-state index contributed by atoms with van der Waals surface area (Å²) in [4.78, 5) is 11.1. The second-order valence-corrected chi connectivity index (χ2v) is 3.58. The minimum absolute atomic E-state index is 0.199. The molecule has 0 aliphatic carbocycles. The molecule has 1 aromatic carbocycles. The number of hydrogen-bond donors (Lipinski definition) is 2. The number of nitrogens with two attached hydrogens (primary N) is 2. The predicted octanol–water partition coefficient (Wildman–Crippen LogP) is 1.59. The lowest BCUT2D eigenvalue weighted by atomic mass is 10.0. The van der Waals surface area contributed by atoms with Crippen LogP contribution in [-0.4, -0.2) is 12.5 Å². The average molecular weight is 233 g/mol. The van der Waals surface area contributed by atoms with Gasteiger partial charge in [-0.1, -0.05) is 29.3 Å². The molecule has 1 rings (SSSR count). The summed E-state index contributed by atoms with van der Waals surface area (Å²) in [6.07, 6.45) is 0.551. The normalized spacial score (nSPS) is 10.2. The summed E-state index contributed by atoms with van der Waals surface area (Å²) >= 11 is 11.6. The van der Waals surface area contributed by atoms with Crippen molar-refractivity contribution in [1.29, 1.82) is 0 Å². The summed E-state index contributed by atoms with van der Waals surface area (Å²) in [5.41, 5.74) is 11.6. The quantitative estimate of drug-likeness (QED) is 0.832. The van der Waals surface area contributed by atoms with Crippen LogP contribution in [0.1, 0.15) is 15.9 Å². The first-order valence-electron chi connectivity index (χ1n) is 4.04. The number of benzene rings is 1. The van der Waals surface area contributed by atoms with Gasteiger partial charge in [0.1, 0.15) is 0 Å². The van der Waals surface area contributed by atoms with Crippen LogP contribution >= 0.6 is 23.2 Å². The second kappa shape index (κ2) is 4.64. The highest BCUT2D eigenvalue weighted by Crippen LogP contribution is 2.28. The zero-order chi connectivity index (χ0) is 10.7. The Labute approximate surface area is 92.0 Å². The molecule has 0 aliphatic rings. The Morgan fingerprint density at radius 3 is 2.50 bits per heavy atom. The Kier molecular flexibility index (Phi) is 3.75. The van der Waals surface area contributed by atoms with Gasteiger partial charge in [0.05, 0.1) is 15.6 Å². The first-order valence-corrected chi connectivity index (χ1v) is 4.80. The summed E-state index contributed by atoms with van der Waals surface area (Å²) in [5, 5.41) is 0.520. The lowest BCUT2D eigenvalue weighted by Crippen LogP contribution is -2.16. The molecule has 4 N–H and O–H groups in total. The van der Waals surface area contributed by atoms with E-state index < -0.39 is 5.91 Å². The fourth-order valence-corrected chi connectivity index (χ4v) is 1.66. The number of rotatable bonds is 3. The molecule has 0 saturated heterocycles. The number of primary amides is 1. The van der Waals surface area contributed by atoms with E-state index >= 15 is 0 Å². The predicted molar refractivity (Wildman–Crippen MR) is 57.7 cm³/mol. The van der Waals surface area contributed by atoms with E-state index in [1.165, 1.54) is 0 Å². The van der Waals surface area contributed by atoms with Crippen LogP contribution in [0.4, 0.5) is 0 Å². The fraction of sp³-hybridized carbons (Fsp3) is 0.222. The molecule has 0 fully saturated rings. The van der Waals surface area contributed by atoms with Crippen molar-refractivity contribution in [2.75, 3.05) is 6.54 Å². The molecule has 76 valence electrons. The number of amides is 1. The molecule has 3 nitrogen and oxygen atoms in total. The molecule has 0 aromatic heterocycles. The zero-order valence-electron chi connectivity index (χ0n) is 7.39. The Hall–Kier alpha value is -0.770. The summed E-state index contributed by atoms with van der Waals surface area (Å²) in [5.74, 6) is -0.582. The summed E-state index contributed by atoms with van der Waals surface area (Å²) in [7, 11) is 0. The third-order valence-electron chi connectivity index (χ3n) is 1.84. The minimum atomic E-state index is -0.582. The highest BCUT2D eigenvalue weighted by molar-refractivity contribution is 6.44. The van der Waals surface area contributed by atoms with Crippen LogP contribution in [0.15, 0.2) is 12.1 Å². The molecule has 0 saturated carbocycles. The van der Waals surface area contributed by atoms with E-state index in [9.17, 15) is 4.79 Å². The highest BCUT2D eigenvalue weighted by atomic mass is 35.5. The minimum Gasteiger partial charge on any atom is -0.366 e. The van der Waals surface area contributed by atoms with Crippen molar-refractivity contribution in [3.05, 3.63) is 33.3 Å². The van der Waals surface area contributed by atoms with Crippen molar-refractivity contribution in [1.82, 2.24) is 0 Å². The van der Waals surface area contributed by atoms with Gasteiger partial charge in [-0.3, -0.25) is 4.79 Å². The summed E-state index contributed by atoms with van der Waals surface area (Å²) in [6, 6.07) is 3.34. The maximum absolute atomic E-state index is 11.1. The lowest BCUT2D eigenvalue weighted by molar-refractivity contribution is 0.0999. The van der Waals surface area contributed by atoms with Crippen LogP contribution < -0.4 is 11.5 Å². The third-order valence-corrected chi connectivity index (χ3v) is 2.65. The van der Waals surface area contributed by atoms with Gasteiger partial charge in [-0.15, -0.1) is 0 Å². The Bertz CT molecular complexity index is 366. The molecule has 5 heteroatoms. The van der Waals surface area contributed by atoms with Crippen LogP contribution in [0.2, 0.25) is 10.0 Å². The van der Waals surface area contributed by atoms with Gasteiger partial charge >= 0.3 is 0 Å². The van der Waals surface area contributed by atoms with Crippen LogP contribution in [0.25, 0.3) is 0 Å². The molecule has 0 heterocycles. The van der Waals surface area contributed by atoms with Crippen molar-refractivity contribution >= 4 is 29.1 Å². The van der Waals surface area contributed by atoms with E-state index in [1.54, 1.807) is 12.1 Å². The van der Waals surface area contributed by atoms with Gasteiger partial charge in [0, 0.05) is 0 Å². The molecule has 0 unspecified atom stereocenters. The van der Waals surface area contributed by atoms with Gasteiger partial charge < -0.3 is 11.5 Å². The molecule has 0 spiro atoms. The summed E-state index contributed by atoms with van der Waals surface area (Å²) < 4.78 is 0. The van der Waals surface area contributed by atoms with Crippen molar-refractivity contribution in [2.45, 2.75) is 6.42 Å². The molecule has 1 amide bonds. The molecule has 0 atom stereocenters. The average Bonchev–Trinajstić information content (AvgIpc) is 2.11. The molecule has 0 aliphatic heterocycles. The van der Waals surface area contributed by atoms with Crippen LogP contribution in [0, 0.1) is 0 Å². The van der Waals surface area contributed by atoms with E-state index in [-0.39, 0.29) is 10.6 Å². The van der Waals surface area contributed by atoms with Crippen molar-refractivity contribution < 1.29 is 4.79 Å². The number of carbonyl (C=O) groups excluding carboxylic acids is 1. The standard InChI is InChI=1S/C9H10Cl2N2O/c10-6-2-1-5(3-4-12)7(8(6)11)9(13)14/h1-2H,3-4,12H2,(H2,13,14). The van der Waals surface area contributed by atoms with E-state index in [0.717, 1.165) is 5.56 Å². The third kappa shape index (κ3) is 2.18. The fourth-order valence-electron chi connectivity index (χ4n) is 1.22. The lowest BCUT2D eigenvalue weighted by Gasteiger charge is -2.08. The highest BCUT2D eigenvalue weighted by Gasteiger charge is 2.14. The Balaban J connectivity index is 3.30. The van der Waals surface area contributed by atoms with Crippen LogP contribution in [0.5, 0.6) is 0 Å². The molecule has 0 radical (unpaired) electrons. The number of carbonyl (C=O) groups is 1. The largest absolute Gasteiger partial charge is 0.366 e. The van der Waals surface area contributed by atoms with E-state index in [0.29, 0.717) is 18.0 Å². The maximum atomic E-state index is 11.1. The first-order chi connectivity index (χ1) is 6.57. The van der Waals surface area contributed by atoms with Gasteiger partial charge in [-0.05, 0) is 24.6 Å². The monoisotopic (exact) mass is 232 g/mol. The van der Waals surface area contributed by atoms with Crippen molar-refractivity contribution in [2.24, 2.45) is 11.5 Å². The molecule has 14 heavy (non-hydrogen) atoms. The van der Waals surface area contributed by atoms with Crippen molar-refractivity contribution in [3.63, 3.8) is 0 Å². The molecular weight excluding hydrogens is 223 g/mol. The van der Waals surface area contributed by atoms with Gasteiger partial charge in [0.25, 0.3) is 5.91 Å². The second-order valence-electron chi connectivity index (χ2n) is 2.80. The van der Waals surface area contributed by atoms with Crippen LogP contribution in [0.3, 0.4) is 0 Å². The number of hydrogen-bond acceptors (Lipinski definition) is 2. The van der Waals surface area contributed by atoms with Crippen LogP contribution in [-0.2, 0) is 6.42 Å². The molecule has 1 aromatic rings. The van der Waals surface area contributed by atoms with Gasteiger partial charge in [-0.2, -0.15) is 0 Å². The first kappa shape index (κ1) is 11.3. The van der Waals surface area contributed by atoms with E-state index in [4.69, 9.17) is 34.7 Å². The molecule has 0 bridgehead atoms. The smallest absolute Gasteiger partial charge is 0.250 e. The van der Waals surface area contributed by atoms with E-state index in [2.05, 4.69) is 0 Å². The van der Waals surface area contributed by atoms with Crippen molar-refractivity contribution in [3.8, 4) is 0 Å². The zero-order valence-corrected chi connectivity index (χ0v) is 8.90. The Morgan fingerprint density at radius 1 is 1.36 bits per heavy atom. The Morgan fingerprint density at radius 2 is 2.00 bits per heavy atom. The SMILES string of the molecule is NCCc1ccc(Cl)c(Cl)c1C(N)=O. The summed E-state index contributed by atoms with van der Waals surface area (Å²) in [6.45, 7) is 0.429. The van der Waals surface area contributed by atoms with Gasteiger partial charge in [0.2, 0.25) is 0 Å². The maximum Gasteiger partial charge on any atom is 0.250 e. The topological polar surface area (TPSA) is 69.1 Å². The molecular formula is C9H10Cl2N2O. The van der Waals surface area contributed by atoms with Gasteiger partial charge in [0.15, 0.2) is 0 Å². The van der Waals surface area contributed by atoms with Gasteiger partial charge in [-0.25, -0.2) is 0 Å².